The zero-order chi connectivity index (χ0) is 19.4. The first-order chi connectivity index (χ1) is 12.9. The van der Waals surface area contributed by atoms with E-state index in [1.807, 2.05) is 4.90 Å². The molecular formula is C19H20Cl3N3O2. The smallest absolute Gasteiger partial charge is 0.255 e. The van der Waals surface area contributed by atoms with Crippen molar-refractivity contribution in [2.75, 3.05) is 25.0 Å². The predicted octanol–water partition coefficient (Wildman–Crippen LogP) is 4.81. The van der Waals surface area contributed by atoms with Crippen LogP contribution in [0.1, 0.15) is 41.3 Å². The van der Waals surface area contributed by atoms with Crippen molar-refractivity contribution < 1.29 is 9.90 Å². The third-order valence-electron chi connectivity index (χ3n) is 4.46. The van der Waals surface area contributed by atoms with E-state index in [0.29, 0.717) is 32.0 Å². The first kappa shape index (κ1) is 20.2. The number of halogens is 3. The highest BCUT2D eigenvalue weighted by Gasteiger charge is 2.19. The lowest BCUT2D eigenvalue weighted by Gasteiger charge is -2.26. The highest BCUT2D eigenvalue weighted by Crippen LogP contribution is 2.26. The number of hydrogen-bond donors (Lipinski definition) is 2. The van der Waals surface area contributed by atoms with Gasteiger partial charge < -0.3 is 15.3 Å². The molecule has 0 radical (unpaired) electrons. The summed E-state index contributed by atoms with van der Waals surface area (Å²) in [5.41, 5.74) is 1.06. The predicted molar refractivity (Wildman–Crippen MR) is 109 cm³/mol. The quantitative estimate of drug-likeness (QED) is 0.717. The number of pyridine rings is 1. The molecule has 0 aliphatic carbocycles. The average Bonchev–Trinajstić information content (AvgIpc) is 2.66. The van der Waals surface area contributed by atoms with Crippen LogP contribution in [0.25, 0.3) is 0 Å². The number of aromatic nitrogens is 1. The first-order valence-electron chi connectivity index (χ1n) is 8.77. The van der Waals surface area contributed by atoms with Crippen LogP contribution >= 0.6 is 34.8 Å². The van der Waals surface area contributed by atoms with Crippen molar-refractivity contribution in [3.05, 3.63) is 56.7 Å². The van der Waals surface area contributed by atoms with E-state index < -0.39 is 6.10 Å². The van der Waals surface area contributed by atoms with Crippen LogP contribution < -0.4 is 5.32 Å². The van der Waals surface area contributed by atoms with Gasteiger partial charge in [-0.2, -0.15) is 0 Å². The summed E-state index contributed by atoms with van der Waals surface area (Å²) in [5.74, 6) is 0.350. The van der Waals surface area contributed by atoms with Crippen LogP contribution in [0.5, 0.6) is 0 Å². The summed E-state index contributed by atoms with van der Waals surface area (Å²) in [6, 6.07) is 6.50. The van der Waals surface area contributed by atoms with Crippen molar-refractivity contribution in [3.63, 3.8) is 0 Å². The number of nitrogens with one attached hydrogen (secondary N) is 1. The lowest BCUT2D eigenvalue weighted by Crippen LogP contribution is -2.35. The number of anilines is 1. The molecule has 0 saturated carbocycles. The van der Waals surface area contributed by atoms with Crippen LogP contribution in [0, 0.1) is 0 Å². The number of rotatable bonds is 5. The molecule has 8 heteroatoms. The van der Waals surface area contributed by atoms with E-state index in [0.717, 1.165) is 32.4 Å². The number of aliphatic hydroxyl groups is 1. The summed E-state index contributed by atoms with van der Waals surface area (Å²) in [7, 11) is 0. The number of piperidine rings is 1. The molecule has 1 atom stereocenters. The Morgan fingerprint density at radius 1 is 1.11 bits per heavy atom. The maximum absolute atomic E-state index is 12.5. The van der Waals surface area contributed by atoms with Gasteiger partial charge in [0.2, 0.25) is 0 Å². The number of nitrogens with zero attached hydrogens (tertiary/aromatic N) is 2. The first-order valence-corrected chi connectivity index (χ1v) is 9.90. The Balaban J connectivity index is 1.64. The van der Waals surface area contributed by atoms with Gasteiger partial charge in [-0.1, -0.05) is 34.8 Å². The largest absolute Gasteiger partial charge is 0.387 e. The van der Waals surface area contributed by atoms with Crippen LogP contribution in [0.2, 0.25) is 15.1 Å². The third-order valence-corrected chi connectivity index (χ3v) is 5.19. The standard InChI is InChI=1S/C19H20Cl3N3O2/c20-14-6-12(7-15(21)9-14)17(26)11-24-18-16(22)8-13(10-23-18)19(27)25-4-2-1-3-5-25/h6-10,17,26H,1-5,11H2,(H,23,24). The Labute approximate surface area is 173 Å². The van der Waals surface area contributed by atoms with Gasteiger partial charge in [0.25, 0.3) is 5.91 Å². The van der Waals surface area contributed by atoms with Gasteiger partial charge in [0.05, 0.1) is 16.7 Å². The fraction of sp³-hybridized carbons (Fsp3) is 0.368. The Morgan fingerprint density at radius 2 is 1.78 bits per heavy atom. The fourth-order valence-electron chi connectivity index (χ4n) is 3.04. The minimum Gasteiger partial charge on any atom is -0.387 e. The van der Waals surface area contributed by atoms with E-state index in [2.05, 4.69) is 10.3 Å². The highest BCUT2D eigenvalue weighted by atomic mass is 35.5. The van der Waals surface area contributed by atoms with Crippen molar-refractivity contribution in [1.29, 1.82) is 0 Å². The maximum atomic E-state index is 12.5. The zero-order valence-electron chi connectivity index (χ0n) is 14.6. The molecule has 1 aliphatic rings. The Morgan fingerprint density at radius 3 is 2.41 bits per heavy atom. The normalized spacial score (nSPS) is 15.5. The second-order valence-electron chi connectivity index (χ2n) is 6.51. The Kier molecular flexibility index (Phi) is 6.82. The summed E-state index contributed by atoms with van der Waals surface area (Å²) in [6.45, 7) is 1.71. The van der Waals surface area contributed by atoms with E-state index in [9.17, 15) is 9.90 Å². The number of amides is 1. The minimum absolute atomic E-state index is 0.0516. The molecule has 2 heterocycles. The molecule has 1 saturated heterocycles. The Hall–Kier alpha value is -1.53. The SMILES string of the molecule is O=C(c1cnc(NCC(O)c2cc(Cl)cc(Cl)c2)c(Cl)c1)N1CCCCC1. The van der Waals surface area contributed by atoms with Crippen molar-refractivity contribution in [1.82, 2.24) is 9.88 Å². The van der Waals surface area contributed by atoms with Crippen molar-refractivity contribution in [2.24, 2.45) is 0 Å². The zero-order valence-corrected chi connectivity index (χ0v) is 16.9. The van der Waals surface area contributed by atoms with E-state index in [4.69, 9.17) is 34.8 Å². The second kappa shape index (κ2) is 9.11. The molecule has 1 unspecified atom stereocenters. The highest BCUT2D eigenvalue weighted by molar-refractivity contribution is 6.34. The molecule has 1 fully saturated rings. The van der Waals surface area contributed by atoms with Crippen LogP contribution in [0.3, 0.4) is 0 Å². The number of carbonyl (C=O) groups is 1. The van der Waals surface area contributed by atoms with Gasteiger partial charge in [0.15, 0.2) is 0 Å². The summed E-state index contributed by atoms with van der Waals surface area (Å²) < 4.78 is 0. The van der Waals surface area contributed by atoms with Crippen molar-refractivity contribution in [2.45, 2.75) is 25.4 Å². The lowest BCUT2D eigenvalue weighted by molar-refractivity contribution is 0.0724. The average molecular weight is 429 g/mol. The molecule has 5 nitrogen and oxygen atoms in total. The molecule has 3 rings (SSSR count). The lowest BCUT2D eigenvalue weighted by atomic mass is 10.1. The molecule has 1 amide bonds. The maximum Gasteiger partial charge on any atom is 0.255 e. The summed E-state index contributed by atoms with van der Waals surface area (Å²) >= 11 is 18.2. The Bertz CT molecular complexity index is 806. The molecule has 1 aromatic heterocycles. The number of hydrogen-bond acceptors (Lipinski definition) is 4. The van der Waals surface area contributed by atoms with Crippen LogP contribution in [-0.4, -0.2) is 40.5 Å². The fourth-order valence-corrected chi connectivity index (χ4v) is 3.82. The number of carbonyl (C=O) groups excluding carboxylic acids is 1. The summed E-state index contributed by atoms with van der Waals surface area (Å²) in [6.07, 6.45) is 3.88. The van der Waals surface area contributed by atoms with Gasteiger partial charge in [-0.25, -0.2) is 4.98 Å². The molecule has 1 aliphatic heterocycles. The van der Waals surface area contributed by atoms with Crippen molar-refractivity contribution >= 4 is 46.5 Å². The minimum atomic E-state index is -0.839. The number of likely N-dealkylation sites (tertiary alicyclic amines) is 1. The second-order valence-corrected chi connectivity index (χ2v) is 7.79. The molecular weight excluding hydrogens is 409 g/mol. The molecule has 0 bridgehead atoms. The van der Waals surface area contributed by atoms with Crippen LogP contribution in [0.15, 0.2) is 30.5 Å². The van der Waals surface area contributed by atoms with E-state index in [1.54, 1.807) is 24.3 Å². The van der Waals surface area contributed by atoms with E-state index >= 15 is 0 Å². The topological polar surface area (TPSA) is 65.5 Å². The van der Waals surface area contributed by atoms with Gasteiger partial charge in [0, 0.05) is 35.9 Å². The van der Waals surface area contributed by atoms with Gasteiger partial charge in [0.1, 0.15) is 5.82 Å². The molecule has 144 valence electrons. The van der Waals surface area contributed by atoms with E-state index in [1.165, 1.54) is 6.20 Å². The van der Waals surface area contributed by atoms with Gasteiger partial charge in [-0.15, -0.1) is 0 Å². The molecule has 27 heavy (non-hydrogen) atoms. The summed E-state index contributed by atoms with van der Waals surface area (Å²) in [4.78, 5) is 18.6. The molecule has 2 N–H and O–H groups in total. The monoisotopic (exact) mass is 427 g/mol. The summed E-state index contributed by atoms with van der Waals surface area (Å²) in [5, 5.41) is 14.5. The van der Waals surface area contributed by atoms with Gasteiger partial charge in [-0.05, 0) is 49.1 Å². The molecule has 0 spiro atoms. The third kappa shape index (κ3) is 5.26. The van der Waals surface area contributed by atoms with Crippen LogP contribution in [-0.2, 0) is 0 Å². The molecule has 2 aromatic rings. The molecule has 1 aromatic carbocycles. The number of benzene rings is 1. The van der Waals surface area contributed by atoms with Gasteiger partial charge in [-0.3, -0.25) is 4.79 Å². The van der Waals surface area contributed by atoms with Crippen LogP contribution in [0.4, 0.5) is 5.82 Å². The van der Waals surface area contributed by atoms with Gasteiger partial charge >= 0.3 is 0 Å². The van der Waals surface area contributed by atoms with Crippen molar-refractivity contribution in [3.8, 4) is 0 Å². The van der Waals surface area contributed by atoms with E-state index in [-0.39, 0.29) is 12.5 Å². The number of aliphatic hydroxyl groups excluding tert-OH is 1.